The number of nitrogens with zero attached hydrogens (tertiary/aromatic N) is 3. The maximum absolute atomic E-state index is 6.00. The Kier molecular flexibility index (Phi) is 4.08. The van der Waals surface area contributed by atoms with E-state index in [0.717, 1.165) is 26.2 Å². The fourth-order valence-corrected chi connectivity index (χ4v) is 3.44. The fourth-order valence-electron chi connectivity index (χ4n) is 1.99. The van der Waals surface area contributed by atoms with Crippen LogP contribution in [0.3, 0.4) is 0 Å². The molecule has 7 heteroatoms. The number of rotatable bonds is 2. The summed E-state index contributed by atoms with van der Waals surface area (Å²) in [5.41, 5.74) is 2.40. The average molecular weight is 438 g/mol. The number of alkyl halides is 1. The molecule has 102 valence electrons. The van der Waals surface area contributed by atoms with Crippen LogP contribution < -0.4 is 0 Å². The van der Waals surface area contributed by atoms with Crippen LogP contribution in [0.2, 0.25) is 10.0 Å². The molecule has 20 heavy (non-hydrogen) atoms. The minimum Gasteiger partial charge on any atom is -0.279 e. The quantitative estimate of drug-likeness (QED) is 0.413. The van der Waals surface area contributed by atoms with Crippen LogP contribution in [0.1, 0.15) is 5.82 Å². The van der Waals surface area contributed by atoms with E-state index < -0.39 is 0 Å². The van der Waals surface area contributed by atoms with Gasteiger partial charge in [0, 0.05) is 14.8 Å². The van der Waals surface area contributed by atoms with E-state index in [1.165, 1.54) is 0 Å². The first kappa shape index (κ1) is 14.4. The van der Waals surface area contributed by atoms with Crippen LogP contribution in [0.25, 0.3) is 16.9 Å². The minimum absolute atomic E-state index is 0.284. The molecule has 2 heterocycles. The monoisotopic (exact) mass is 437 g/mol. The van der Waals surface area contributed by atoms with E-state index in [1.807, 2.05) is 22.8 Å². The fraction of sp³-hybridized carbons (Fsp3) is 0.0769. The predicted molar refractivity (Wildman–Crippen MR) is 91.2 cm³/mol. The number of aromatic nitrogens is 3. The molecule has 2 aromatic heterocycles. The third-order valence-corrected chi connectivity index (χ3v) is 4.35. The van der Waals surface area contributed by atoms with Gasteiger partial charge in [-0.2, -0.15) is 0 Å². The lowest BCUT2D eigenvalue weighted by atomic mass is 10.3. The summed E-state index contributed by atoms with van der Waals surface area (Å²) in [5.74, 6) is 1.00. The van der Waals surface area contributed by atoms with Crippen LogP contribution in [0.5, 0.6) is 0 Å². The highest BCUT2D eigenvalue weighted by atomic mass is 127. The third-order valence-electron chi connectivity index (χ3n) is 2.80. The molecule has 0 saturated carbocycles. The van der Waals surface area contributed by atoms with Crippen molar-refractivity contribution in [2.45, 2.75) is 5.88 Å². The Bertz CT molecular complexity index is 801. The molecule has 0 aliphatic carbocycles. The first-order valence-corrected chi connectivity index (χ1v) is 8.01. The van der Waals surface area contributed by atoms with Gasteiger partial charge < -0.3 is 0 Å². The molecular weight excluding hydrogens is 431 g/mol. The van der Waals surface area contributed by atoms with Crippen molar-refractivity contribution in [3.63, 3.8) is 0 Å². The summed E-state index contributed by atoms with van der Waals surface area (Å²) < 4.78 is 2.93. The topological polar surface area (TPSA) is 30.7 Å². The lowest BCUT2D eigenvalue weighted by molar-refractivity contribution is 0.965. The molecule has 0 saturated heterocycles. The van der Waals surface area contributed by atoms with Crippen molar-refractivity contribution in [3.05, 3.63) is 49.9 Å². The van der Waals surface area contributed by atoms with Crippen LogP contribution >= 0.6 is 57.4 Å². The van der Waals surface area contributed by atoms with Gasteiger partial charge in [-0.25, -0.2) is 9.97 Å². The number of fused-ring (bicyclic) bond motifs is 1. The van der Waals surface area contributed by atoms with E-state index in [4.69, 9.17) is 34.8 Å². The van der Waals surface area contributed by atoms with Gasteiger partial charge in [0.25, 0.3) is 0 Å². The summed E-state index contributed by atoms with van der Waals surface area (Å²) >= 11 is 20.2. The zero-order chi connectivity index (χ0) is 14.3. The Morgan fingerprint density at radius 1 is 1.15 bits per heavy atom. The van der Waals surface area contributed by atoms with Gasteiger partial charge in [-0.05, 0) is 46.9 Å². The van der Waals surface area contributed by atoms with Crippen molar-refractivity contribution >= 4 is 68.6 Å². The maximum Gasteiger partial charge on any atom is 0.164 e. The van der Waals surface area contributed by atoms with Gasteiger partial charge in [-0.15, -0.1) is 11.6 Å². The van der Waals surface area contributed by atoms with E-state index in [9.17, 15) is 0 Å². The molecule has 0 atom stereocenters. The van der Waals surface area contributed by atoms with Crippen LogP contribution in [0.15, 0.2) is 30.5 Å². The van der Waals surface area contributed by atoms with Crippen molar-refractivity contribution in [1.29, 1.82) is 0 Å². The molecule has 0 aliphatic rings. The molecule has 0 amide bonds. The Morgan fingerprint density at radius 2 is 1.95 bits per heavy atom. The smallest absolute Gasteiger partial charge is 0.164 e. The van der Waals surface area contributed by atoms with E-state index in [0.29, 0.717) is 10.0 Å². The third kappa shape index (κ3) is 2.50. The molecule has 0 spiro atoms. The van der Waals surface area contributed by atoms with Crippen molar-refractivity contribution in [2.24, 2.45) is 0 Å². The second-order valence-electron chi connectivity index (χ2n) is 4.09. The highest BCUT2D eigenvalue weighted by molar-refractivity contribution is 14.1. The van der Waals surface area contributed by atoms with Gasteiger partial charge in [0.05, 0.1) is 16.6 Å². The number of hydrogen-bond donors (Lipinski definition) is 0. The number of imidazole rings is 1. The molecule has 1 aromatic carbocycles. The van der Waals surface area contributed by atoms with Gasteiger partial charge in [0.15, 0.2) is 5.65 Å². The lowest BCUT2D eigenvalue weighted by Crippen LogP contribution is -2.02. The van der Waals surface area contributed by atoms with Crippen molar-refractivity contribution in [3.8, 4) is 5.69 Å². The van der Waals surface area contributed by atoms with Gasteiger partial charge in [0.2, 0.25) is 0 Å². The Hall–Kier alpha value is -0.560. The SMILES string of the molecule is ClCc1nc2cc(Cl)cnc2n1-c1ccc(Cl)cc1I. The summed E-state index contributed by atoms with van der Waals surface area (Å²) in [6, 6.07) is 7.42. The molecule has 0 unspecified atom stereocenters. The molecule has 0 N–H and O–H groups in total. The molecule has 3 aromatic rings. The molecule has 3 nitrogen and oxygen atoms in total. The molecule has 0 fully saturated rings. The van der Waals surface area contributed by atoms with Gasteiger partial charge in [-0.3, -0.25) is 4.57 Å². The highest BCUT2D eigenvalue weighted by Crippen LogP contribution is 2.27. The van der Waals surface area contributed by atoms with E-state index in [-0.39, 0.29) is 5.88 Å². The predicted octanol–water partition coefficient (Wildman–Crippen LogP) is 5.07. The molecule has 3 rings (SSSR count). The number of hydrogen-bond acceptors (Lipinski definition) is 2. The van der Waals surface area contributed by atoms with Crippen molar-refractivity contribution in [2.75, 3.05) is 0 Å². The van der Waals surface area contributed by atoms with E-state index in [2.05, 4.69) is 32.6 Å². The van der Waals surface area contributed by atoms with Gasteiger partial charge in [0.1, 0.15) is 11.3 Å². The summed E-state index contributed by atoms with van der Waals surface area (Å²) in [6.45, 7) is 0. The number of halogens is 4. The van der Waals surface area contributed by atoms with Crippen LogP contribution in [0.4, 0.5) is 0 Å². The second kappa shape index (κ2) is 5.67. The van der Waals surface area contributed by atoms with E-state index >= 15 is 0 Å². The Labute approximate surface area is 144 Å². The zero-order valence-electron chi connectivity index (χ0n) is 9.95. The Balaban J connectivity index is 2.34. The van der Waals surface area contributed by atoms with Gasteiger partial charge >= 0.3 is 0 Å². The number of pyridine rings is 1. The zero-order valence-corrected chi connectivity index (χ0v) is 14.4. The summed E-state index contributed by atoms with van der Waals surface area (Å²) in [4.78, 5) is 8.84. The van der Waals surface area contributed by atoms with Crippen LogP contribution in [-0.2, 0) is 5.88 Å². The standard InChI is InChI=1S/C13H7Cl3IN3/c14-5-12-19-10-4-8(16)6-18-13(10)20(12)11-2-1-7(15)3-9(11)17/h1-4,6H,5H2. The van der Waals surface area contributed by atoms with Crippen molar-refractivity contribution < 1.29 is 0 Å². The summed E-state index contributed by atoms with van der Waals surface area (Å²) in [6.07, 6.45) is 1.60. The molecule has 0 bridgehead atoms. The molecule has 0 aliphatic heterocycles. The second-order valence-corrected chi connectivity index (χ2v) is 6.39. The first-order chi connectivity index (χ1) is 9.60. The largest absolute Gasteiger partial charge is 0.279 e. The molecule has 0 radical (unpaired) electrons. The maximum atomic E-state index is 6.00. The van der Waals surface area contributed by atoms with Crippen molar-refractivity contribution in [1.82, 2.24) is 14.5 Å². The average Bonchev–Trinajstić information content (AvgIpc) is 2.76. The minimum atomic E-state index is 0.284. The normalized spacial score (nSPS) is 11.2. The van der Waals surface area contributed by atoms with Crippen LogP contribution in [0, 0.1) is 3.57 Å². The van der Waals surface area contributed by atoms with E-state index in [1.54, 1.807) is 12.3 Å². The first-order valence-electron chi connectivity index (χ1n) is 5.64. The lowest BCUT2D eigenvalue weighted by Gasteiger charge is -2.09. The summed E-state index contributed by atoms with van der Waals surface area (Å²) in [7, 11) is 0. The summed E-state index contributed by atoms with van der Waals surface area (Å²) in [5, 5.41) is 1.24. The molecular formula is C13H7Cl3IN3. The number of benzene rings is 1. The van der Waals surface area contributed by atoms with Crippen LogP contribution in [-0.4, -0.2) is 14.5 Å². The highest BCUT2D eigenvalue weighted by Gasteiger charge is 2.15. The van der Waals surface area contributed by atoms with Gasteiger partial charge in [-0.1, -0.05) is 23.2 Å². The Morgan fingerprint density at radius 3 is 2.65 bits per heavy atom.